The van der Waals surface area contributed by atoms with Crippen LogP contribution in [0.3, 0.4) is 0 Å². The molecule has 0 aliphatic carbocycles. The number of aryl methyl sites for hydroxylation is 1. The van der Waals surface area contributed by atoms with Gasteiger partial charge in [-0.25, -0.2) is 8.42 Å². The zero-order valence-electron chi connectivity index (χ0n) is 14.2. The zero-order chi connectivity index (χ0) is 18.7. The lowest BCUT2D eigenvalue weighted by molar-refractivity contribution is 0.102. The summed E-state index contributed by atoms with van der Waals surface area (Å²) < 4.78 is 31.5. The molecule has 0 unspecified atom stereocenters. The lowest BCUT2D eigenvalue weighted by Gasteiger charge is -2.19. The van der Waals surface area contributed by atoms with E-state index in [4.69, 9.17) is 4.52 Å². The van der Waals surface area contributed by atoms with Crippen molar-refractivity contribution < 1.29 is 17.7 Å². The Morgan fingerprint density at radius 1 is 1.08 bits per heavy atom. The Balaban J connectivity index is 1.79. The minimum Gasteiger partial charge on any atom is -0.360 e. The molecule has 3 aromatic rings. The molecule has 0 saturated heterocycles. The quantitative estimate of drug-likeness (QED) is 0.744. The molecule has 3 rings (SSSR count). The number of benzene rings is 2. The van der Waals surface area contributed by atoms with Crippen molar-refractivity contribution in [2.24, 2.45) is 0 Å². The van der Waals surface area contributed by atoms with E-state index in [1.807, 2.05) is 6.07 Å². The maximum absolute atomic E-state index is 12.7. The topological polar surface area (TPSA) is 92.5 Å². The number of para-hydroxylation sites is 1. The van der Waals surface area contributed by atoms with E-state index < -0.39 is 15.9 Å². The second-order valence-electron chi connectivity index (χ2n) is 5.61. The van der Waals surface area contributed by atoms with Crippen molar-refractivity contribution >= 4 is 27.4 Å². The average Bonchev–Trinajstić information content (AvgIpc) is 3.06. The number of hydrogen-bond acceptors (Lipinski definition) is 5. The van der Waals surface area contributed by atoms with Crippen molar-refractivity contribution in [2.45, 2.75) is 11.8 Å². The molecule has 0 spiro atoms. The van der Waals surface area contributed by atoms with Gasteiger partial charge < -0.3 is 9.84 Å². The molecule has 1 amide bonds. The fourth-order valence-corrected chi connectivity index (χ4v) is 3.52. The first-order valence-corrected chi connectivity index (χ1v) is 9.20. The fourth-order valence-electron chi connectivity index (χ4n) is 2.33. The van der Waals surface area contributed by atoms with Crippen LogP contribution in [0.25, 0.3) is 0 Å². The number of amides is 1. The summed E-state index contributed by atoms with van der Waals surface area (Å²) in [5.41, 5.74) is 0.864. The van der Waals surface area contributed by atoms with Crippen LogP contribution in [0.5, 0.6) is 0 Å². The van der Waals surface area contributed by atoms with Crippen molar-refractivity contribution in [3.05, 3.63) is 72.0 Å². The molecule has 0 radical (unpaired) electrons. The van der Waals surface area contributed by atoms with E-state index in [0.717, 1.165) is 0 Å². The first-order chi connectivity index (χ1) is 12.4. The standard InChI is InChI=1S/C18H17N3O4S/c1-13-12-17(20-25-13)19-18(22)14-8-10-16(11-9-14)26(23,24)21(2)15-6-4-3-5-7-15/h3-12H,1-2H3,(H,19,20,22). The molecule has 0 aliphatic heterocycles. The number of carbonyl (C=O) groups is 1. The maximum Gasteiger partial charge on any atom is 0.264 e. The Bertz CT molecular complexity index is 1010. The largest absolute Gasteiger partial charge is 0.360 e. The summed E-state index contributed by atoms with van der Waals surface area (Å²) >= 11 is 0. The highest BCUT2D eigenvalue weighted by atomic mass is 32.2. The predicted molar refractivity (Wildman–Crippen MR) is 97.7 cm³/mol. The first-order valence-electron chi connectivity index (χ1n) is 7.76. The number of nitrogens with one attached hydrogen (secondary N) is 1. The van der Waals surface area contributed by atoms with Gasteiger partial charge in [0, 0.05) is 18.7 Å². The van der Waals surface area contributed by atoms with E-state index >= 15 is 0 Å². The summed E-state index contributed by atoms with van der Waals surface area (Å²) in [6.07, 6.45) is 0. The number of anilines is 2. The SMILES string of the molecule is Cc1cc(NC(=O)c2ccc(S(=O)(=O)N(C)c3ccccc3)cc2)no1. The predicted octanol–water partition coefficient (Wildman–Crippen LogP) is 3.06. The lowest BCUT2D eigenvalue weighted by atomic mass is 10.2. The van der Waals surface area contributed by atoms with Crippen LogP contribution in [0.4, 0.5) is 11.5 Å². The van der Waals surface area contributed by atoms with Gasteiger partial charge in [-0.15, -0.1) is 0 Å². The molecule has 1 N–H and O–H groups in total. The number of sulfonamides is 1. The van der Waals surface area contributed by atoms with E-state index in [1.165, 1.54) is 35.6 Å². The van der Waals surface area contributed by atoms with Gasteiger partial charge in [-0.2, -0.15) is 0 Å². The highest BCUT2D eigenvalue weighted by Gasteiger charge is 2.21. The molecule has 7 nitrogen and oxygen atoms in total. The molecule has 0 fully saturated rings. The molecule has 134 valence electrons. The average molecular weight is 371 g/mol. The third-order valence-electron chi connectivity index (χ3n) is 3.76. The van der Waals surface area contributed by atoms with Gasteiger partial charge in [0.15, 0.2) is 5.82 Å². The maximum atomic E-state index is 12.7. The van der Waals surface area contributed by atoms with Crippen molar-refractivity contribution in [3.8, 4) is 0 Å². The van der Waals surface area contributed by atoms with Crippen LogP contribution < -0.4 is 9.62 Å². The summed E-state index contributed by atoms with van der Waals surface area (Å²) in [5.74, 6) is 0.470. The number of aromatic nitrogens is 1. The van der Waals surface area contributed by atoms with Crippen LogP contribution in [-0.2, 0) is 10.0 Å². The van der Waals surface area contributed by atoms with Crippen LogP contribution in [-0.4, -0.2) is 26.5 Å². The molecular formula is C18H17N3O4S. The molecule has 0 atom stereocenters. The molecule has 8 heteroatoms. The highest BCUT2D eigenvalue weighted by molar-refractivity contribution is 7.92. The molecule has 26 heavy (non-hydrogen) atoms. The van der Waals surface area contributed by atoms with Crippen LogP contribution in [0, 0.1) is 6.92 Å². The summed E-state index contributed by atoms with van der Waals surface area (Å²) in [6.45, 7) is 1.71. The zero-order valence-corrected chi connectivity index (χ0v) is 15.0. The van der Waals surface area contributed by atoms with Gasteiger partial charge in [0.1, 0.15) is 5.76 Å². The third kappa shape index (κ3) is 3.60. The molecule has 1 aromatic heterocycles. The first kappa shape index (κ1) is 17.7. The normalized spacial score (nSPS) is 11.2. The third-order valence-corrected chi connectivity index (χ3v) is 5.56. The molecule has 0 aliphatic rings. The molecule has 2 aromatic carbocycles. The Labute approximate surface area is 151 Å². The molecule has 1 heterocycles. The van der Waals surface area contributed by atoms with Crippen LogP contribution in [0.1, 0.15) is 16.1 Å². The van der Waals surface area contributed by atoms with Gasteiger partial charge in [0.05, 0.1) is 10.6 Å². The Morgan fingerprint density at radius 3 is 2.31 bits per heavy atom. The summed E-state index contributed by atoms with van der Waals surface area (Å²) in [7, 11) is -2.23. The van der Waals surface area contributed by atoms with Gasteiger partial charge in [0.2, 0.25) is 0 Å². The smallest absolute Gasteiger partial charge is 0.264 e. The van der Waals surface area contributed by atoms with Gasteiger partial charge in [-0.05, 0) is 43.3 Å². The molecular weight excluding hydrogens is 354 g/mol. The fraction of sp³-hybridized carbons (Fsp3) is 0.111. The van der Waals surface area contributed by atoms with Crippen LogP contribution >= 0.6 is 0 Å². The van der Waals surface area contributed by atoms with Crippen LogP contribution in [0.2, 0.25) is 0 Å². The van der Waals surface area contributed by atoms with Gasteiger partial charge >= 0.3 is 0 Å². The van der Waals surface area contributed by atoms with Gasteiger partial charge in [-0.1, -0.05) is 23.4 Å². The van der Waals surface area contributed by atoms with Crippen LogP contribution in [0.15, 0.2) is 70.1 Å². The van der Waals surface area contributed by atoms with E-state index in [0.29, 0.717) is 22.8 Å². The Hall–Kier alpha value is -3.13. The monoisotopic (exact) mass is 371 g/mol. The van der Waals surface area contributed by atoms with E-state index in [9.17, 15) is 13.2 Å². The van der Waals surface area contributed by atoms with E-state index in [1.54, 1.807) is 37.3 Å². The summed E-state index contributed by atoms with van der Waals surface area (Å²) in [4.78, 5) is 12.3. The summed E-state index contributed by atoms with van der Waals surface area (Å²) in [5, 5.41) is 6.27. The number of carbonyl (C=O) groups excluding carboxylic acids is 1. The Morgan fingerprint density at radius 2 is 1.73 bits per heavy atom. The minimum atomic E-state index is -3.72. The van der Waals surface area contributed by atoms with Crippen molar-refractivity contribution in [1.29, 1.82) is 0 Å². The number of rotatable bonds is 5. The van der Waals surface area contributed by atoms with Crippen molar-refractivity contribution in [1.82, 2.24) is 5.16 Å². The van der Waals surface area contributed by atoms with E-state index in [2.05, 4.69) is 10.5 Å². The Kier molecular flexibility index (Phi) is 4.77. The highest BCUT2D eigenvalue weighted by Crippen LogP contribution is 2.22. The molecule has 0 saturated carbocycles. The second-order valence-corrected chi connectivity index (χ2v) is 7.58. The second kappa shape index (κ2) is 7.01. The number of nitrogens with zero attached hydrogens (tertiary/aromatic N) is 2. The van der Waals surface area contributed by atoms with Gasteiger partial charge in [-0.3, -0.25) is 9.10 Å². The summed E-state index contributed by atoms with van der Waals surface area (Å²) in [6, 6.07) is 16.1. The minimum absolute atomic E-state index is 0.0951. The molecule has 0 bridgehead atoms. The van der Waals surface area contributed by atoms with Gasteiger partial charge in [0.25, 0.3) is 15.9 Å². The lowest BCUT2D eigenvalue weighted by Crippen LogP contribution is -2.26. The number of hydrogen-bond donors (Lipinski definition) is 1. The van der Waals surface area contributed by atoms with Crippen molar-refractivity contribution in [2.75, 3.05) is 16.7 Å². The van der Waals surface area contributed by atoms with Crippen molar-refractivity contribution in [3.63, 3.8) is 0 Å². The van der Waals surface area contributed by atoms with E-state index in [-0.39, 0.29) is 4.90 Å².